The zero-order valence-electron chi connectivity index (χ0n) is 16.6. The Labute approximate surface area is 186 Å². The van der Waals surface area contributed by atoms with E-state index in [9.17, 15) is 9.59 Å². The molecule has 0 bridgehead atoms. The van der Waals surface area contributed by atoms with Crippen LogP contribution in [0.1, 0.15) is 37.3 Å². The smallest absolute Gasteiger partial charge is 0.338 e. The Hall–Kier alpha value is -2.48. The van der Waals surface area contributed by atoms with Crippen LogP contribution < -0.4 is 14.9 Å². The van der Waals surface area contributed by atoms with E-state index in [1.54, 1.807) is 37.5 Å². The van der Waals surface area contributed by atoms with Gasteiger partial charge in [0.05, 0.1) is 21.9 Å². The lowest BCUT2D eigenvalue weighted by atomic mass is 10.0. The molecule has 0 unspecified atom stereocenters. The number of ether oxygens (including phenoxy) is 1. The monoisotopic (exact) mass is 458 g/mol. The zero-order valence-corrected chi connectivity index (χ0v) is 19.0. The molecule has 1 aliphatic heterocycles. The molecule has 0 saturated heterocycles. The van der Waals surface area contributed by atoms with Crippen LogP contribution in [0.3, 0.4) is 0 Å². The highest BCUT2D eigenvalue weighted by Crippen LogP contribution is 2.33. The fraction of sp³-hybridized carbons (Fsp3) is 0.227. The summed E-state index contributed by atoms with van der Waals surface area (Å²) in [5.74, 6) is -0.448. The molecular formula is C22H19ClN2O3S2. The van der Waals surface area contributed by atoms with E-state index in [-0.39, 0.29) is 11.7 Å². The van der Waals surface area contributed by atoms with Crippen LogP contribution in [0.25, 0.3) is 6.08 Å². The van der Waals surface area contributed by atoms with Gasteiger partial charge in [0.1, 0.15) is 6.04 Å². The number of carbonyl (C=O) groups excluding carboxylic acids is 1. The number of carbonyl (C=O) groups is 1. The number of thiophene rings is 1. The maximum Gasteiger partial charge on any atom is 0.338 e. The first-order valence-electron chi connectivity index (χ1n) is 9.37. The van der Waals surface area contributed by atoms with Gasteiger partial charge in [-0.25, -0.2) is 9.79 Å². The number of halogens is 1. The second kappa shape index (κ2) is 8.34. The maximum absolute atomic E-state index is 13.4. The largest absolute Gasteiger partial charge is 0.459 e. The topological polar surface area (TPSA) is 60.7 Å². The van der Waals surface area contributed by atoms with Gasteiger partial charge in [-0.05, 0) is 56.0 Å². The standard InChI is InChI=1S/C22H19ClN2O3S2/c1-12(2)28-21(27)18-13(3)24-22-25(19(18)16-5-4-10-29-16)20(26)17(30-22)11-14-6-8-15(23)9-7-14/h4-12,19H,1-3H3/b17-11+/t19-/m0/s1. The van der Waals surface area contributed by atoms with Gasteiger partial charge in [0.2, 0.25) is 0 Å². The number of hydrogen-bond donors (Lipinski definition) is 0. The van der Waals surface area contributed by atoms with Gasteiger partial charge in [0.15, 0.2) is 4.80 Å². The highest BCUT2D eigenvalue weighted by molar-refractivity contribution is 7.10. The minimum atomic E-state index is -0.556. The van der Waals surface area contributed by atoms with Gasteiger partial charge in [-0.2, -0.15) is 0 Å². The van der Waals surface area contributed by atoms with Crippen molar-refractivity contribution in [1.82, 2.24) is 4.57 Å². The molecule has 0 fully saturated rings. The van der Waals surface area contributed by atoms with Gasteiger partial charge in [0, 0.05) is 9.90 Å². The summed E-state index contributed by atoms with van der Waals surface area (Å²) in [4.78, 5) is 32.3. The Kier molecular flexibility index (Phi) is 5.77. The van der Waals surface area contributed by atoms with Crippen LogP contribution in [-0.4, -0.2) is 16.6 Å². The normalized spacial score (nSPS) is 16.6. The second-order valence-corrected chi connectivity index (χ2v) is 9.53. The third kappa shape index (κ3) is 3.93. The molecule has 1 aromatic carbocycles. The first kappa shape index (κ1) is 20.8. The van der Waals surface area contributed by atoms with E-state index in [2.05, 4.69) is 4.99 Å². The Morgan fingerprint density at radius 3 is 2.63 bits per heavy atom. The zero-order chi connectivity index (χ0) is 21.4. The third-order valence-electron chi connectivity index (χ3n) is 4.56. The van der Waals surface area contributed by atoms with Crippen molar-refractivity contribution in [2.24, 2.45) is 4.99 Å². The van der Waals surface area contributed by atoms with Gasteiger partial charge in [-0.1, -0.05) is 41.1 Å². The molecule has 1 atom stereocenters. The van der Waals surface area contributed by atoms with Gasteiger partial charge < -0.3 is 4.74 Å². The van der Waals surface area contributed by atoms with E-state index in [0.717, 1.165) is 10.4 Å². The number of thiazole rings is 1. The molecule has 3 heterocycles. The highest BCUT2D eigenvalue weighted by atomic mass is 35.5. The number of fused-ring (bicyclic) bond motifs is 1. The summed E-state index contributed by atoms with van der Waals surface area (Å²) in [5, 5.41) is 2.56. The second-order valence-electron chi connectivity index (χ2n) is 7.10. The highest BCUT2D eigenvalue weighted by Gasteiger charge is 2.34. The SMILES string of the molecule is CC1=C(C(=O)OC(C)C)[C@H](c2cccs2)n2c(s/c(=C/c3ccc(Cl)cc3)c2=O)=N1. The molecule has 4 rings (SSSR count). The summed E-state index contributed by atoms with van der Waals surface area (Å²) < 4.78 is 7.62. The fourth-order valence-electron chi connectivity index (χ4n) is 3.29. The van der Waals surface area contributed by atoms with Gasteiger partial charge in [-0.3, -0.25) is 9.36 Å². The van der Waals surface area contributed by atoms with Crippen LogP contribution >= 0.6 is 34.3 Å². The molecule has 5 nitrogen and oxygen atoms in total. The van der Waals surface area contributed by atoms with E-state index in [1.165, 1.54) is 22.7 Å². The summed E-state index contributed by atoms with van der Waals surface area (Å²) in [6, 6.07) is 10.5. The lowest BCUT2D eigenvalue weighted by Crippen LogP contribution is -2.39. The molecule has 2 aromatic heterocycles. The lowest BCUT2D eigenvalue weighted by molar-refractivity contribution is -0.143. The van der Waals surface area contributed by atoms with Crippen molar-refractivity contribution in [2.45, 2.75) is 32.9 Å². The lowest BCUT2D eigenvalue weighted by Gasteiger charge is -2.24. The quantitative estimate of drug-likeness (QED) is 0.557. The number of allylic oxidation sites excluding steroid dienone is 1. The number of aromatic nitrogens is 1. The number of hydrogen-bond acceptors (Lipinski definition) is 6. The number of benzene rings is 1. The van der Waals surface area contributed by atoms with Crippen LogP contribution in [0, 0.1) is 0 Å². The molecule has 0 N–H and O–H groups in total. The molecule has 0 radical (unpaired) electrons. The van der Waals surface area contributed by atoms with Crippen LogP contribution in [0.4, 0.5) is 0 Å². The van der Waals surface area contributed by atoms with E-state index in [4.69, 9.17) is 16.3 Å². The van der Waals surface area contributed by atoms with Gasteiger partial charge in [-0.15, -0.1) is 11.3 Å². The minimum absolute atomic E-state index is 0.186. The van der Waals surface area contributed by atoms with Crippen molar-refractivity contribution in [2.75, 3.05) is 0 Å². The molecule has 30 heavy (non-hydrogen) atoms. The Morgan fingerprint density at radius 2 is 2.00 bits per heavy atom. The summed E-state index contributed by atoms with van der Waals surface area (Å²) in [6.45, 7) is 5.39. The predicted octanol–water partition coefficient (Wildman–Crippen LogP) is 3.90. The van der Waals surface area contributed by atoms with Crippen molar-refractivity contribution in [3.05, 3.63) is 88.2 Å². The molecule has 0 amide bonds. The predicted molar refractivity (Wildman–Crippen MR) is 121 cm³/mol. The molecule has 8 heteroatoms. The Morgan fingerprint density at radius 1 is 1.27 bits per heavy atom. The summed E-state index contributed by atoms with van der Waals surface area (Å²) in [7, 11) is 0. The maximum atomic E-state index is 13.4. The molecule has 3 aromatic rings. The first-order valence-corrected chi connectivity index (χ1v) is 11.4. The molecule has 0 saturated carbocycles. The van der Waals surface area contributed by atoms with Crippen LogP contribution in [-0.2, 0) is 9.53 Å². The van der Waals surface area contributed by atoms with E-state index in [1.807, 2.05) is 35.7 Å². The van der Waals surface area contributed by atoms with Crippen molar-refractivity contribution in [3.63, 3.8) is 0 Å². The van der Waals surface area contributed by atoms with E-state index >= 15 is 0 Å². The molecule has 0 aliphatic carbocycles. The first-order chi connectivity index (χ1) is 14.3. The number of esters is 1. The number of rotatable bonds is 4. The average Bonchev–Trinajstić information content (AvgIpc) is 3.31. The molecule has 154 valence electrons. The molecular weight excluding hydrogens is 440 g/mol. The van der Waals surface area contributed by atoms with Crippen LogP contribution in [0.5, 0.6) is 0 Å². The van der Waals surface area contributed by atoms with Gasteiger partial charge in [0.25, 0.3) is 5.56 Å². The molecule has 0 spiro atoms. The number of nitrogens with zero attached hydrogens (tertiary/aromatic N) is 2. The Balaban J connectivity index is 1.91. The van der Waals surface area contributed by atoms with Crippen LogP contribution in [0.15, 0.2) is 62.8 Å². The summed E-state index contributed by atoms with van der Waals surface area (Å²) in [5.41, 5.74) is 1.65. The summed E-state index contributed by atoms with van der Waals surface area (Å²) >= 11 is 8.76. The van der Waals surface area contributed by atoms with Crippen LogP contribution in [0.2, 0.25) is 5.02 Å². The molecule has 1 aliphatic rings. The minimum Gasteiger partial charge on any atom is -0.459 e. The van der Waals surface area contributed by atoms with Crippen molar-refractivity contribution >= 4 is 46.3 Å². The average molecular weight is 459 g/mol. The summed E-state index contributed by atoms with van der Waals surface area (Å²) in [6.07, 6.45) is 1.55. The van der Waals surface area contributed by atoms with E-state index < -0.39 is 12.0 Å². The fourth-order valence-corrected chi connectivity index (χ4v) is 5.28. The van der Waals surface area contributed by atoms with Gasteiger partial charge >= 0.3 is 5.97 Å². The van der Waals surface area contributed by atoms with E-state index in [0.29, 0.717) is 25.6 Å². The Bertz CT molecular complexity index is 1300. The van der Waals surface area contributed by atoms with Crippen molar-refractivity contribution in [3.8, 4) is 0 Å². The van der Waals surface area contributed by atoms with Crippen molar-refractivity contribution in [1.29, 1.82) is 0 Å². The third-order valence-corrected chi connectivity index (χ3v) is 6.72. The van der Waals surface area contributed by atoms with Crippen molar-refractivity contribution < 1.29 is 9.53 Å².